The molecule has 1 fully saturated rings. The van der Waals surface area contributed by atoms with E-state index in [2.05, 4.69) is 15.6 Å². The van der Waals surface area contributed by atoms with Crippen molar-refractivity contribution in [1.82, 2.24) is 15.6 Å². The van der Waals surface area contributed by atoms with Crippen LogP contribution in [0.5, 0.6) is 0 Å². The van der Waals surface area contributed by atoms with E-state index in [1.54, 1.807) is 6.20 Å². The average molecular weight is 205 g/mol. The highest BCUT2D eigenvalue weighted by Crippen LogP contribution is 2.02. The fraction of sp³-hybridized carbons (Fsp3) is 0.300. The summed E-state index contributed by atoms with van der Waals surface area (Å²) in [5.74, 6) is -0.477. The van der Waals surface area contributed by atoms with Crippen molar-refractivity contribution in [3.05, 3.63) is 30.1 Å². The first kappa shape index (κ1) is 9.79. The summed E-state index contributed by atoms with van der Waals surface area (Å²) in [7, 11) is 0. The Labute approximate surface area is 86.9 Å². The minimum atomic E-state index is -0.417. The highest BCUT2D eigenvalue weighted by atomic mass is 16.2. The van der Waals surface area contributed by atoms with Crippen LogP contribution < -0.4 is 10.6 Å². The van der Waals surface area contributed by atoms with Crippen LogP contribution in [-0.4, -0.2) is 22.8 Å². The lowest BCUT2D eigenvalue weighted by Crippen LogP contribution is -2.35. The van der Waals surface area contributed by atoms with Crippen LogP contribution in [0.4, 0.5) is 0 Å². The molecule has 5 heteroatoms. The standard InChI is InChI=1S/C10H11N3O2/c14-9-5-8(10(15)13-9)12-6-7-3-1-2-4-11-7/h1-4,8,12H,5-6H2,(H,13,14,15). The Hall–Kier alpha value is -1.75. The molecule has 2 heterocycles. The predicted molar refractivity (Wildman–Crippen MR) is 52.6 cm³/mol. The topological polar surface area (TPSA) is 71.1 Å². The Bertz CT molecular complexity index is 378. The van der Waals surface area contributed by atoms with E-state index in [0.29, 0.717) is 6.54 Å². The summed E-state index contributed by atoms with van der Waals surface area (Å²) in [6, 6.07) is 5.15. The number of carbonyl (C=O) groups is 2. The van der Waals surface area contributed by atoms with E-state index in [4.69, 9.17) is 0 Å². The second-order valence-corrected chi connectivity index (χ2v) is 3.37. The van der Waals surface area contributed by atoms with E-state index in [9.17, 15) is 9.59 Å². The number of imide groups is 1. The summed E-state index contributed by atoms with van der Waals surface area (Å²) in [6.45, 7) is 0.492. The maximum absolute atomic E-state index is 11.2. The molecule has 1 atom stereocenters. The van der Waals surface area contributed by atoms with Crippen LogP contribution in [0.25, 0.3) is 0 Å². The van der Waals surface area contributed by atoms with Crippen LogP contribution in [0.2, 0.25) is 0 Å². The second-order valence-electron chi connectivity index (χ2n) is 3.37. The van der Waals surface area contributed by atoms with Crippen molar-refractivity contribution in [2.75, 3.05) is 0 Å². The van der Waals surface area contributed by atoms with Gasteiger partial charge in [0.2, 0.25) is 11.8 Å². The monoisotopic (exact) mass is 205 g/mol. The number of pyridine rings is 1. The lowest BCUT2D eigenvalue weighted by molar-refractivity contribution is -0.125. The molecule has 1 saturated heterocycles. The number of hydrogen-bond donors (Lipinski definition) is 2. The molecule has 15 heavy (non-hydrogen) atoms. The van der Waals surface area contributed by atoms with E-state index in [-0.39, 0.29) is 18.2 Å². The lowest BCUT2D eigenvalue weighted by atomic mass is 10.2. The molecule has 5 nitrogen and oxygen atoms in total. The smallest absolute Gasteiger partial charge is 0.244 e. The van der Waals surface area contributed by atoms with Crippen LogP contribution >= 0.6 is 0 Å². The molecule has 0 aliphatic carbocycles. The molecule has 1 aliphatic rings. The van der Waals surface area contributed by atoms with Crippen LogP contribution in [0.3, 0.4) is 0 Å². The number of nitrogens with one attached hydrogen (secondary N) is 2. The van der Waals surface area contributed by atoms with E-state index < -0.39 is 6.04 Å². The lowest BCUT2D eigenvalue weighted by Gasteiger charge is -2.07. The van der Waals surface area contributed by atoms with Gasteiger partial charge in [-0.15, -0.1) is 0 Å². The molecule has 0 bridgehead atoms. The van der Waals surface area contributed by atoms with Gasteiger partial charge in [0.15, 0.2) is 0 Å². The molecule has 1 aliphatic heterocycles. The van der Waals surface area contributed by atoms with E-state index in [1.165, 1.54) is 0 Å². The van der Waals surface area contributed by atoms with Gasteiger partial charge in [0, 0.05) is 12.7 Å². The summed E-state index contributed by atoms with van der Waals surface area (Å²) < 4.78 is 0. The minimum absolute atomic E-state index is 0.214. The molecule has 2 amide bonds. The molecule has 0 saturated carbocycles. The second kappa shape index (κ2) is 4.18. The molecule has 78 valence electrons. The SMILES string of the molecule is O=C1CC(NCc2ccccn2)C(=O)N1. The quantitative estimate of drug-likeness (QED) is 0.658. The Morgan fingerprint density at radius 3 is 2.93 bits per heavy atom. The summed E-state index contributed by atoms with van der Waals surface area (Å²) >= 11 is 0. The van der Waals surface area contributed by atoms with Gasteiger partial charge in [-0.05, 0) is 12.1 Å². The van der Waals surface area contributed by atoms with Crippen LogP contribution in [-0.2, 0) is 16.1 Å². The van der Waals surface area contributed by atoms with Gasteiger partial charge in [-0.2, -0.15) is 0 Å². The van der Waals surface area contributed by atoms with E-state index in [0.717, 1.165) is 5.69 Å². The molecule has 2 rings (SSSR count). The van der Waals surface area contributed by atoms with Crippen molar-refractivity contribution in [2.45, 2.75) is 19.0 Å². The Morgan fingerprint density at radius 1 is 1.47 bits per heavy atom. The fourth-order valence-corrected chi connectivity index (χ4v) is 1.45. The third-order valence-electron chi connectivity index (χ3n) is 2.22. The van der Waals surface area contributed by atoms with Gasteiger partial charge >= 0.3 is 0 Å². The van der Waals surface area contributed by atoms with Gasteiger partial charge in [0.25, 0.3) is 0 Å². The summed E-state index contributed by atoms with van der Waals surface area (Å²) in [6.07, 6.45) is 1.91. The zero-order valence-corrected chi connectivity index (χ0v) is 8.06. The zero-order chi connectivity index (χ0) is 10.7. The molecule has 0 spiro atoms. The number of hydrogen-bond acceptors (Lipinski definition) is 4. The first-order chi connectivity index (χ1) is 7.25. The summed E-state index contributed by atoms with van der Waals surface area (Å²) in [4.78, 5) is 26.2. The Balaban J connectivity index is 1.89. The number of nitrogens with zero attached hydrogens (tertiary/aromatic N) is 1. The van der Waals surface area contributed by atoms with Gasteiger partial charge in [0.1, 0.15) is 0 Å². The molecule has 1 unspecified atom stereocenters. The van der Waals surface area contributed by atoms with Crippen molar-refractivity contribution in [3.63, 3.8) is 0 Å². The van der Waals surface area contributed by atoms with E-state index in [1.807, 2.05) is 18.2 Å². The first-order valence-corrected chi connectivity index (χ1v) is 4.72. The molecular formula is C10H11N3O2. The maximum Gasteiger partial charge on any atom is 0.244 e. The fourth-order valence-electron chi connectivity index (χ4n) is 1.45. The Morgan fingerprint density at radius 2 is 2.33 bits per heavy atom. The number of rotatable bonds is 3. The van der Waals surface area contributed by atoms with E-state index >= 15 is 0 Å². The number of amides is 2. The predicted octanol–water partition coefficient (Wildman–Crippen LogP) is -0.414. The van der Waals surface area contributed by atoms with Gasteiger partial charge in [-0.1, -0.05) is 6.07 Å². The van der Waals surface area contributed by atoms with Crippen LogP contribution in [0.1, 0.15) is 12.1 Å². The van der Waals surface area contributed by atoms with Gasteiger partial charge < -0.3 is 0 Å². The number of carbonyl (C=O) groups excluding carboxylic acids is 2. The van der Waals surface area contributed by atoms with Crippen molar-refractivity contribution < 1.29 is 9.59 Å². The molecule has 1 aromatic rings. The molecule has 0 aromatic carbocycles. The number of aromatic nitrogens is 1. The highest BCUT2D eigenvalue weighted by Gasteiger charge is 2.29. The maximum atomic E-state index is 11.2. The van der Waals surface area contributed by atoms with Crippen molar-refractivity contribution in [1.29, 1.82) is 0 Å². The molecule has 1 aromatic heterocycles. The van der Waals surface area contributed by atoms with Gasteiger partial charge in [-0.3, -0.25) is 25.2 Å². The Kier molecular flexibility index (Phi) is 2.73. The first-order valence-electron chi connectivity index (χ1n) is 4.72. The minimum Gasteiger partial charge on any atom is -0.300 e. The van der Waals surface area contributed by atoms with Gasteiger partial charge in [0.05, 0.1) is 18.2 Å². The van der Waals surface area contributed by atoms with Crippen molar-refractivity contribution >= 4 is 11.8 Å². The summed E-state index contributed by atoms with van der Waals surface area (Å²) in [5.41, 5.74) is 0.852. The third-order valence-corrected chi connectivity index (χ3v) is 2.22. The normalized spacial score (nSPS) is 20.4. The van der Waals surface area contributed by atoms with Crippen LogP contribution in [0.15, 0.2) is 24.4 Å². The summed E-state index contributed by atoms with van der Waals surface area (Å²) in [5, 5.41) is 5.23. The molecular weight excluding hydrogens is 194 g/mol. The largest absolute Gasteiger partial charge is 0.300 e. The average Bonchev–Trinajstić information content (AvgIpc) is 2.56. The van der Waals surface area contributed by atoms with Crippen LogP contribution in [0, 0.1) is 0 Å². The highest BCUT2D eigenvalue weighted by molar-refractivity contribution is 6.05. The molecule has 0 radical (unpaired) electrons. The zero-order valence-electron chi connectivity index (χ0n) is 8.06. The van der Waals surface area contributed by atoms with Gasteiger partial charge in [-0.25, -0.2) is 0 Å². The van der Waals surface area contributed by atoms with Crippen molar-refractivity contribution in [3.8, 4) is 0 Å². The third kappa shape index (κ3) is 2.38. The van der Waals surface area contributed by atoms with Crippen molar-refractivity contribution in [2.24, 2.45) is 0 Å². The molecule has 2 N–H and O–H groups in total.